The molecule has 1 aliphatic rings. The molecule has 8 nitrogen and oxygen atoms in total. The van der Waals surface area contributed by atoms with Gasteiger partial charge in [0, 0.05) is 51.4 Å². The number of nitrogens with zero attached hydrogens (tertiary/aromatic N) is 4. The van der Waals surface area contributed by atoms with E-state index in [9.17, 15) is 9.90 Å². The van der Waals surface area contributed by atoms with Crippen LogP contribution in [0.2, 0.25) is 0 Å². The SMILES string of the molecule is CCNC(=NCC(C)(O)c1cnn(C)c1)NCCC(=O)N1CCCC(C)C1.I. The highest BCUT2D eigenvalue weighted by molar-refractivity contribution is 14.0. The second-order valence-corrected chi connectivity index (χ2v) is 7.64. The molecule has 0 radical (unpaired) electrons. The van der Waals surface area contributed by atoms with Crippen molar-refractivity contribution in [2.75, 3.05) is 32.7 Å². The summed E-state index contributed by atoms with van der Waals surface area (Å²) in [7, 11) is 1.81. The van der Waals surface area contributed by atoms with Crippen molar-refractivity contribution in [1.82, 2.24) is 25.3 Å². The fourth-order valence-corrected chi connectivity index (χ4v) is 3.23. The number of carbonyl (C=O) groups excluding carboxylic acids is 1. The molecule has 9 heteroatoms. The molecule has 0 aliphatic carbocycles. The highest BCUT2D eigenvalue weighted by Gasteiger charge is 2.25. The number of hydrogen-bond donors (Lipinski definition) is 3. The predicted octanol–water partition coefficient (Wildman–Crippen LogP) is 1.45. The van der Waals surface area contributed by atoms with Gasteiger partial charge in [0.2, 0.25) is 5.91 Å². The Hall–Kier alpha value is -1.36. The summed E-state index contributed by atoms with van der Waals surface area (Å²) in [6.07, 6.45) is 6.17. The maximum absolute atomic E-state index is 12.4. The first-order valence-corrected chi connectivity index (χ1v) is 9.83. The number of rotatable bonds is 7. The second kappa shape index (κ2) is 11.6. The lowest BCUT2D eigenvalue weighted by Crippen LogP contribution is -2.43. The first-order chi connectivity index (χ1) is 12.8. The van der Waals surface area contributed by atoms with E-state index >= 15 is 0 Å². The van der Waals surface area contributed by atoms with Gasteiger partial charge in [0.1, 0.15) is 5.60 Å². The van der Waals surface area contributed by atoms with Gasteiger partial charge < -0.3 is 20.6 Å². The second-order valence-electron chi connectivity index (χ2n) is 7.64. The van der Waals surface area contributed by atoms with Gasteiger partial charge in [-0.2, -0.15) is 5.10 Å². The van der Waals surface area contributed by atoms with E-state index in [4.69, 9.17) is 0 Å². The molecule has 1 aromatic rings. The first-order valence-electron chi connectivity index (χ1n) is 9.83. The first kappa shape index (κ1) is 24.7. The van der Waals surface area contributed by atoms with Gasteiger partial charge >= 0.3 is 0 Å². The number of carbonyl (C=O) groups is 1. The van der Waals surface area contributed by atoms with Crippen molar-refractivity contribution in [3.63, 3.8) is 0 Å². The number of aliphatic imine (C=N–C) groups is 1. The molecule has 1 amide bonds. The molecular weight excluding hydrogens is 471 g/mol. The molecule has 1 fully saturated rings. The summed E-state index contributed by atoms with van der Waals surface area (Å²) < 4.78 is 1.66. The third-order valence-electron chi connectivity index (χ3n) is 4.86. The quantitative estimate of drug-likeness (QED) is 0.296. The van der Waals surface area contributed by atoms with Crippen molar-refractivity contribution in [2.45, 2.75) is 45.6 Å². The molecule has 1 saturated heterocycles. The lowest BCUT2D eigenvalue weighted by molar-refractivity contribution is -0.132. The van der Waals surface area contributed by atoms with E-state index in [-0.39, 0.29) is 36.4 Å². The molecule has 0 bridgehead atoms. The number of hydrogen-bond acceptors (Lipinski definition) is 4. The Bertz CT molecular complexity index is 646. The molecule has 2 heterocycles. The van der Waals surface area contributed by atoms with Crippen LogP contribution in [0.15, 0.2) is 17.4 Å². The van der Waals surface area contributed by atoms with Gasteiger partial charge in [-0.05, 0) is 32.6 Å². The third-order valence-corrected chi connectivity index (χ3v) is 4.86. The van der Waals surface area contributed by atoms with Crippen molar-refractivity contribution in [2.24, 2.45) is 18.0 Å². The predicted molar refractivity (Wildman–Crippen MR) is 122 cm³/mol. The molecule has 2 atom stereocenters. The summed E-state index contributed by atoms with van der Waals surface area (Å²) in [5.74, 6) is 1.37. The van der Waals surface area contributed by atoms with Crippen LogP contribution in [-0.4, -0.2) is 64.4 Å². The summed E-state index contributed by atoms with van der Waals surface area (Å²) in [6, 6.07) is 0. The number of halogens is 1. The van der Waals surface area contributed by atoms with Crippen LogP contribution < -0.4 is 10.6 Å². The molecular formula is C19H35IN6O2. The number of aliphatic hydroxyl groups is 1. The molecule has 2 unspecified atom stereocenters. The van der Waals surface area contributed by atoms with E-state index in [0.29, 0.717) is 31.4 Å². The van der Waals surface area contributed by atoms with Gasteiger partial charge in [0.25, 0.3) is 0 Å². The molecule has 0 saturated carbocycles. The van der Waals surface area contributed by atoms with Gasteiger partial charge in [-0.15, -0.1) is 24.0 Å². The molecule has 1 aliphatic heterocycles. The van der Waals surface area contributed by atoms with E-state index < -0.39 is 5.60 Å². The zero-order chi connectivity index (χ0) is 19.9. The Kier molecular flexibility index (Phi) is 10.2. The number of aryl methyl sites for hydroxylation is 1. The molecule has 0 aromatic carbocycles. The Morgan fingerprint density at radius 3 is 2.82 bits per heavy atom. The fraction of sp³-hybridized carbons (Fsp3) is 0.737. The Labute approximate surface area is 185 Å². The Morgan fingerprint density at radius 1 is 1.46 bits per heavy atom. The lowest BCUT2D eigenvalue weighted by Gasteiger charge is -2.31. The number of piperidine rings is 1. The van der Waals surface area contributed by atoms with E-state index in [0.717, 1.165) is 25.1 Å². The van der Waals surface area contributed by atoms with Crippen LogP contribution in [0.3, 0.4) is 0 Å². The zero-order valence-corrected chi connectivity index (χ0v) is 19.8. The Morgan fingerprint density at radius 2 is 2.21 bits per heavy atom. The standard InChI is InChI=1S/C19H34N6O2.HI/c1-5-20-18(22-14-19(3,27)16-11-23-24(4)13-16)21-9-8-17(26)25-10-6-7-15(2)12-25;/h11,13,15,27H,5-10,12,14H2,1-4H3,(H2,20,21,22);1H. The van der Waals surface area contributed by atoms with E-state index in [1.807, 2.05) is 18.9 Å². The number of amides is 1. The van der Waals surface area contributed by atoms with E-state index in [1.54, 1.807) is 24.0 Å². The maximum atomic E-state index is 12.4. The minimum absolute atomic E-state index is 0. The van der Waals surface area contributed by atoms with Crippen molar-refractivity contribution in [3.8, 4) is 0 Å². The summed E-state index contributed by atoms with van der Waals surface area (Å²) in [5, 5.41) is 21.1. The third kappa shape index (κ3) is 7.57. The average molecular weight is 506 g/mol. The summed E-state index contributed by atoms with van der Waals surface area (Å²) in [4.78, 5) is 18.8. The van der Waals surface area contributed by atoms with Crippen LogP contribution in [0.5, 0.6) is 0 Å². The van der Waals surface area contributed by atoms with Crippen LogP contribution in [0.25, 0.3) is 0 Å². The van der Waals surface area contributed by atoms with Crippen molar-refractivity contribution < 1.29 is 9.90 Å². The summed E-state index contributed by atoms with van der Waals surface area (Å²) >= 11 is 0. The van der Waals surface area contributed by atoms with Crippen LogP contribution in [0.1, 0.15) is 45.6 Å². The number of guanidine groups is 1. The van der Waals surface area contributed by atoms with Crippen LogP contribution in [0.4, 0.5) is 0 Å². The van der Waals surface area contributed by atoms with Gasteiger partial charge in [-0.1, -0.05) is 6.92 Å². The normalized spacial score (nSPS) is 19.5. The zero-order valence-electron chi connectivity index (χ0n) is 17.4. The van der Waals surface area contributed by atoms with E-state index in [1.165, 1.54) is 6.42 Å². The van der Waals surface area contributed by atoms with Crippen molar-refractivity contribution >= 4 is 35.8 Å². The highest BCUT2D eigenvalue weighted by atomic mass is 127. The topological polar surface area (TPSA) is 94.8 Å². The van der Waals surface area contributed by atoms with Crippen molar-refractivity contribution in [1.29, 1.82) is 0 Å². The minimum atomic E-state index is -1.10. The smallest absolute Gasteiger partial charge is 0.224 e. The summed E-state index contributed by atoms with van der Waals surface area (Å²) in [6.45, 7) is 9.05. The number of likely N-dealkylation sites (tertiary alicyclic amines) is 1. The molecule has 2 rings (SSSR count). The number of aromatic nitrogens is 2. The monoisotopic (exact) mass is 506 g/mol. The van der Waals surface area contributed by atoms with Gasteiger partial charge in [-0.25, -0.2) is 4.99 Å². The van der Waals surface area contributed by atoms with Crippen LogP contribution in [0, 0.1) is 5.92 Å². The number of nitrogens with one attached hydrogen (secondary N) is 2. The lowest BCUT2D eigenvalue weighted by atomic mass is 10.00. The van der Waals surface area contributed by atoms with Gasteiger partial charge in [-0.3, -0.25) is 9.48 Å². The molecule has 160 valence electrons. The molecule has 3 N–H and O–H groups in total. The minimum Gasteiger partial charge on any atom is -0.383 e. The van der Waals surface area contributed by atoms with Crippen LogP contribution >= 0.6 is 24.0 Å². The highest BCUT2D eigenvalue weighted by Crippen LogP contribution is 2.20. The van der Waals surface area contributed by atoms with Crippen molar-refractivity contribution in [3.05, 3.63) is 18.0 Å². The van der Waals surface area contributed by atoms with Crippen LogP contribution in [-0.2, 0) is 17.4 Å². The average Bonchev–Trinajstić information content (AvgIpc) is 3.07. The van der Waals surface area contributed by atoms with E-state index in [2.05, 4.69) is 27.6 Å². The maximum Gasteiger partial charge on any atom is 0.224 e. The largest absolute Gasteiger partial charge is 0.383 e. The fourth-order valence-electron chi connectivity index (χ4n) is 3.23. The summed E-state index contributed by atoms with van der Waals surface area (Å²) in [5.41, 5.74) is -0.380. The Balaban J connectivity index is 0.00000392. The van der Waals surface area contributed by atoms with Gasteiger partial charge in [0.05, 0.1) is 12.7 Å². The molecule has 1 aromatic heterocycles. The van der Waals surface area contributed by atoms with Gasteiger partial charge in [0.15, 0.2) is 5.96 Å². The molecule has 0 spiro atoms. The molecule has 28 heavy (non-hydrogen) atoms.